The topological polar surface area (TPSA) is 49.7 Å². The zero-order valence-corrected chi connectivity index (χ0v) is 13.2. The van der Waals surface area contributed by atoms with Gasteiger partial charge in [0.05, 0.1) is 23.6 Å². The monoisotopic (exact) mass is 310 g/mol. The summed E-state index contributed by atoms with van der Waals surface area (Å²) in [4.78, 5) is 6.63. The van der Waals surface area contributed by atoms with Gasteiger partial charge in [-0.05, 0) is 12.5 Å². The summed E-state index contributed by atoms with van der Waals surface area (Å²) in [5, 5.41) is 0.969. The molecule has 1 saturated heterocycles. The lowest BCUT2D eigenvalue weighted by atomic mass is 10.2. The second kappa shape index (κ2) is 5.07. The van der Waals surface area contributed by atoms with Crippen molar-refractivity contribution in [2.24, 2.45) is 4.99 Å². The number of thioether (sulfide) groups is 1. The summed E-state index contributed by atoms with van der Waals surface area (Å²) in [6, 6.07) is 8.41. The van der Waals surface area contributed by atoms with Crippen molar-refractivity contribution in [2.75, 3.05) is 18.6 Å². The molecular formula is C14H18N2O2S2. The van der Waals surface area contributed by atoms with Gasteiger partial charge in [0, 0.05) is 12.8 Å². The number of sulfone groups is 1. The van der Waals surface area contributed by atoms with E-state index in [0.29, 0.717) is 0 Å². The van der Waals surface area contributed by atoms with Crippen molar-refractivity contribution in [1.82, 2.24) is 4.90 Å². The smallest absolute Gasteiger partial charge is 0.159 e. The molecule has 2 aliphatic rings. The molecule has 1 aromatic rings. The number of aryl methyl sites for hydroxylation is 1. The van der Waals surface area contributed by atoms with Gasteiger partial charge in [0.25, 0.3) is 0 Å². The minimum Gasteiger partial charge on any atom is -0.348 e. The Kier molecular flexibility index (Phi) is 3.54. The molecule has 0 aliphatic carbocycles. The van der Waals surface area contributed by atoms with Crippen LogP contribution >= 0.6 is 11.8 Å². The molecule has 4 nitrogen and oxygen atoms in total. The van der Waals surface area contributed by atoms with Crippen LogP contribution in [0.2, 0.25) is 0 Å². The lowest BCUT2D eigenvalue weighted by Gasteiger charge is -2.20. The summed E-state index contributed by atoms with van der Waals surface area (Å²) in [6.07, 6.45) is 0. The van der Waals surface area contributed by atoms with E-state index < -0.39 is 9.84 Å². The summed E-state index contributed by atoms with van der Waals surface area (Å²) in [7, 11) is -0.941. The lowest BCUT2D eigenvalue weighted by Crippen LogP contribution is -2.35. The molecule has 108 valence electrons. The Labute approximate surface area is 124 Å². The molecule has 0 radical (unpaired) electrons. The Morgan fingerprint density at radius 1 is 1.40 bits per heavy atom. The number of fused-ring (bicyclic) bond motifs is 1. The van der Waals surface area contributed by atoms with Crippen LogP contribution in [0.25, 0.3) is 0 Å². The zero-order chi connectivity index (χ0) is 14.3. The Hall–Kier alpha value is -1.01. The normalized spacial score (nSPS) is 27.5. The van der Waals surface area contributed by atoms with Crippen molar-refractivity contribution < 1.29 is 8.42 Å². The fraction of sp³-hybridized carbons (Fsp3) is 0.500. The molecule has 1 aromatic carbocycles. The maximum Gasteiger partial charge on any atom is 0.159 e. The van der Waals surface area contributed by atoms with E-state index in [9.17, 15) is 8.42 Å². The van der Waals surface area contributed by atoms with E-state index in [1.165, 1.54) is 11.1 Å². The van der Waals surface area contributed by atoms with E-state index in [2.05, 4.69) is 36.2 Å². The molecule has 0 saturated carbocycles. The van der Waals surface area contributed by atoms with Gasteiger partial charge in [-0.25, -0.2) is 8.42 Å². The maximum atomic E-state index is 11.6. The van der Waals surface area contributed by atoms with E-state index in [1.807, 2.05) is 11.9 Å². The molecule has 2 atom stereocenters. The molecule has 0 unspecified atom stereocenters. The molecule has 6 heteroatoms. The number of benzene rings is 1. The molecule has 1 fully saturated rings. The third kappa shape index (κ3) is 2.72. The number of likely N-dealkylation sites (N-methyl/N-ethyl adjacent to an activating group) is 1. The van der Waals surface area contributed by atoms with Crippen molar-refractivity contribution in [3.8, 4) is 0 Å². The standard InChI is InChI=1S/C14H18N2O2S2/c1-10-4-3-5-11(6-10)7-19-14-15-12-8-20(17,18)9-13(12)16(14)2/h3-6,12-13H,7-9H2,1-2H3/t12-,13-/m0/s1. The van der Waals surface area contributed by atoms with Gasteiger partial charge in [0.1, 0.15) is 0 Å². The van der Waals surface area contributed by atoms with Gasteiger partial charge in [0.2, 0.25) is 0 Å². The highest BCUT2D eigenvalue weighted by Crippen LogP contribution is 2.30. The summed E-state index contributed by atoms with van der Waals surface area (Å²) >= 11 is 1.69. The van der Waals surface area contributed by atoms with E-state index in [0.717, 1.165) is 10.9 Å². The van der Waals surface area contributed by atoms with Crippen LogP contribution < -0.4 is 0 Å². The lowest BCUT2D eigenvalue weighted by molar-refractivity contribution is 0.410. The Balaban J connectivity index is 1.68. The van der Waals surface area contributed by atoms with Crippen molar-refractivity contribution in [3.63, 3.8) is 0 Å². The fourth-order valence-electron chi connectivity index (χ4n) is 2.77. The van der Waals surface area contributed by atoms with Crippen molar-refractivity contribution in [3.05, 3.63) is 35.4 Å². The van der Waals surface area contributed by atoms with Gasteiger partial charge in [0.15, 0.2) is 15.0 Å². The zero-order valence-electron chi connectivity index (χ0n) is 11.6. The van der Waals surface area contributed by atoms with Crippen molar-refractivity contribution in [1.29, 1.82) is 0 Å². The first-order valence-electron chi connectivity index (χ1n) is 6.64. The Morgan fingerprint density at radius 3 is 2.90 bits per heavy atom. The number of amidine groups is 1. The second-order valence-corrected chi connectivity index (χ2v) is 8.61. The largest absolute Gasteiger partial charge is 0.348 e. The highest BCUT2D eigenvalue weighted by atomic mass is 32.2. The summed E-state index contributed by atoms with van der Waals surface area (Å²) < 4.78 is 23.2. The van der Waals surface area contributed by atoms with Crippen LogP contribution in [0.5, 0.6) is 0 Å². The van der Waals surface area contributed by atoms with Gasteiger partial charge in [-0.1, -0.05) is 41.6 Å². The van der Waals surface area contributed by atoms with Gasteiger partial charge in [-0.2, -0.15) is 0 Å². The highest BCUT2D eigenvalue weighted by Gasteiger charge is 2.44. The summed E-state index contributed by atoms with van der Waals surface area (Å²) in [5.74, 6) is 1.32. The molecule has 2 aliphatic heterocycles. The van der Waals surface area contributed by atoms with Gasteiger partial charge >= 0.3 is 0 Å². The Morgan fingerprint density at radius 2 is 2.20 bits per heavy atom. The summed E-state index contributed by atoms with van der Waals surface area (Å²) in [6.45, 7) is 2.09. The number of rotatable bonds is 2. The van der Waals surface area contributed by atoms with Crippen molar-refractivity contribution in [2.45, 2.75) is 24.8 Å². The molecule has 0 aromatic heterocycles. The van der Waals surface area contributed by atoms with E-state index >= 15 is 0 Å². The van der Waals surface area contributed by atoms with Crippen LogP contribution in [-0.2, 0) is 15.6 Å². The van der Waals surface area contributed by atoms with Gasteiger partial charge in [-0.15, -0.1) is 0 Å². The minimum absolute atomic E-state index is 0.0417. The first-order chi connectivity index (χ1) is 9.44. The van der Waals surface area contributed by atoms with Crippen LogP contribution in [0.1, 0.15) is 11.1 Å². The summed E-state index contributed by atoms with van der Waals surface area (Å²) in [5.41, 5.74) is 2.53. The SMILES string of the molecule is Cc1cccc(CSC2=N[C@H]3CS(=O)(=O)C[C@@H]3N2C)c1. The van der Waals surface area contributed by atoms with Crippen LogP contribution in [0.3, 0.4) is 0 Å². The second-order valence-electron chi connectivity index (χ2n) is 5.51. The van der Waals surface area contributed by atoms with Gasteiger partial charge < -0.3 is 4.90 Å². The van der Waals surface area contributed by atoms with E-state index in [1.54, 1.807) is 11.8 Å². The molecule has 20 heavy (non-hydrogen) atoms. The fourth-order valence-corrected chi connectivity index (χ4v) is 5.71. The number of nitrogens with zero attached hydrogens (tertiary/aromatic N) is 2. The third-order valence-corrected chi connectivity index (χ3v) is 6.65. The molecular weight excluding hydrogens is 292 g/mol. The predicted octanol–water partition coefficient (Wildman–Crippen LogP) is 1.70. The van der Waals surface area contributed by atoms with E-state index in [4.69, 9.17) is 0 Å². The maximum absolute atomic E-state index is 11.6. The molecule has 3 rings (SSSR count). The first-order valence-corrected chi connectivity index (χ1v) is 9.45. The first kappa shape index (κ1) is 13.9. The third-order valence-electron chi connectivity index (χ3n) is 3.82. The van der Waals surface area contributed by atoms with Crippen LogP contribution in [0.4, 0.5) is 0 Å². The molecule has 0 N–H and O–H groups in total. The quantitative estimate of drug-likeness (QED) is 0.834. The van der Waals surface area contributed by atoms with E-state index in [-0.39, 0.29) is 23.6 Å². The van der Waals surface area contributed by atoms with Gasteiger partial charge in [-0.3, -0.25) is 4.99 Å². The molecule has 2 heterocycles. The van der Waals surface area contributed by atoms with Crippen LogP contribution in [0.15, 0.2) is 29.3 Å². The molecule has 0 bridgehead atoms. The predicted molar refractivity (Wildman–Crippen MR) is 83.9 cm³/mol. The molecule has 0 amide bonds. The van der Waals surface area contributed by atoms with Crippen LogP contribution in [0, 0.1) is 6.92 Å². The Bertz CT molecular complexity index is 655. The average molecular weight is 310 g/mol. The minimum atomic E-state index is -2.89. The number of hydrogen-bond acceptors (Lipinski definition) is 5. The van der Waals surface area contributed by atoms with Crippen LogP contribution in [-0.4, -0.2) is 49.1 Å². The highest BCUT2D eigenvalue weighted by molar-refractivity contribution is 8.13. The van der Waals surface area contributed by atoms with Crippen molar-refractivity contribution >= 4 is 26.8 Å². The molecule has 0 spiro atoms. The number of hydrogen-bond donors (Lipinski definition) is 0. The number of aliphatic imine (C=N–C) groups is 1. The average Bonchev–Trinajstić information content (AvgIpc) is 2.81.